The van der Waals surface area contributed by atoms with Crippen LogP contribution in [0.5, 0.6) is 0 Å². The van der Waals surface area contributed by atoms with Crippen LogP contribution >= 0.6 is 0 Å². The Morgan fingerprint density at radius 2 is 1.88 bits per heavy atom. The summed E-state index contributed by atoms with van der Waals surface area (Å²) in [4.78, 5) is 14.3. The maximum Gasteiger partial charge on any atom is 0.163 e. The van der Waals surface area contributed by atoms with Crippen LogP contribution in [0.1, 0.15) is 12.7 Å². The number of aromatic amines is 1. The third kappa shape index (κ3) is 3.21. The van der Waals surface area contributed by atoms with Crippen LogP contribution in [0.4, 0.5) is 14.5 Å². The van der Waals surface area contributed by atoms with Crippen molar-refractivity contribution in [2.24, 2.45) is 0 Å². The Bertz CT molecular complexity index is 1510. The van der Waals surface area contributed by atoms with Gasteiger partial charge in [0.1, 0.15) is 34.8 Å². The number of benzene rings is 2. The summed E-state index contributed by atoms with van der Waals surface area (Å²) in [5.41, 5.74) is 3.70. The highest BCUT2D eigenvalue weighted by Gasteiger charge is 2.23. The normalized spacial score (nSPS) is 14.4. The highest BCUT2D eigenvalue weighted by molar-refractivity contribution is 5.97. The zero-order chi connectivity index (χ0) is 23.2. The second kappa shape index (κ2) is 8.14. The molecule has 8 nitrogen and oxygen atoms in total. The number of aryl methyl sites for hydroxylation is 1. The van der Waals surface area contributed by atoms with Gasteiger partial charge in [0, 0.05) is 37.0 Å². The van der Waals surface area contributed by atoms with Gasteiger partial charge in [0.15, 0.2) is 5.82 Å². The van der Waals surface area contributed by atoms with Gasteiger partial charge in [-0.15, -0.1) is 10.2 Å². The molecule has 0 bridgehead atoms. The molecule has 0 saturated carbocycles. The summed E-state index contributed by atoms with van der Waals surface area (Å²) in [6, 6.07) is 8.00. The van der Waals surface area contributed by atoms with E-state index in [1.54, 1.807) is 6.07 Å². The van der Waals surface area contributed by atoms with Crippen molar-refractivity contribution in [3.05, 3.63) is 60.3 Å². The SMILES string of the molecule is CCc1nc2c(-c3nnc[nH]3)cc(N3CCOCC3)cc2n1-c1ccnc2c(F)ccc(F)c12. The number of rotatable bonds is 4. The van der Waals surface area contributed by atoms with Crippen LogP contribution in [0.3, 0.4) is 0 Å². The quantitative estimate of drug-likeness (QED) is 0.435. The summed E-state index contributed by atoms with van der Waals surface area (Å²) in [7, 11) is 0. The Labute approximate surface area is 193 Å². The molecule has 0 radical (unpaired) electrons. The number of pyridine rings is 1. The van der Waals surface area contributed by atoms with Crippen LogP contribution in [-0.4, -0.2) is 56.0 Å². The minimum Gasteiger partial charge on any atom is -0.378 e. The van der Waals surface area contributed by atoms with E-state index in [0.29, 0.717) is 42.5 Å². The predicted octanol–water partition coefficient (Wildman–Crippen LogP) is 4.04. The summed E-state index contributed by atoms with van der Waals surface area (Å²) in [6.07, 6.45) is 3.60. The highest BCUT2D eigenvalue weighted by atomic mass is 19.1. The van der Waals surface area contributed by atoms with Gasteiger partial charge in [-0.1, -0.05) is 6.92 Å². The number of fused-ring (bicyclic) bond motifs is 2. The molecule has 1 N–H and O–H groups in total. The molecule has 0 atom stereocenters. The van der Waals surface area contributed by atoms with Gasteiger partial charge < -0.3 is 14.6 Å². The Kier molecular flexibility index (Phi) is 4.95. The lowest BCUT2D eigenvalue weighted by Gasteiger charge is -2.29. The van der Waals surface area contributed by atoms with E-state index in [9.17, 15) is 4.39 Å². The number of aromatic nitrogens is 6. The van der Waals surface area contributed by atoms with Gasteiger partial charge in [-0.25, -0.2) is 13.8 Å². The molecule has 1 saturated heterocycles. The van der Waals surface area contributed by atoms with Gasteiger partial charge in [-0.3, -0.25) is 9.55 Å². The van der Waals surface area contributed by atoms with Gasteiger partial charge >= 0.3 is 0 Å². The fourth-order valence-electron chi connectivity index (χ4n) is 4.60. The van der Waals surface area contributed by atoms with Crippen molar-refractivity contribution in [1.29, 1.82) is 0 Å². The number of halogens is 2. The maximum absolute atomic E-state index is 15.0. The van der Waals surface area contributed by atoms with Crippen molar-refractivity contribution in [2.75, 3.05) is 31.2 Å². The first-order valence-corrected chi connectivity index (χ1v) is 11.1. The average molecular weight is 461 g/mol. The van der Waals surface area contributed by atoms with Gasteiger partial charge in [-0.05, 0) is 30.3 Å². The molecule has 172 valence electrons. The second-order valence-electron chi connectivity index (χ2n) is 8.10. The summed E-state index contributed by atoms with van der Waals surface area (Å²) < 4.78 is 37.0. The van der Waals surface area contributed by atoms with Crippen LogP contribution in [0.25, 0.3) is 39.0 Å². The van der Waals surface area contributed by atoms with E-state index in [0.717, 1.165) is 42.0 Å². The molecule has 4 heterocycles. The number of ether oxygens (including phenoxy) is 1. The number of hydrogen-bond donors (Lipinski definition) is 1. The molecule has 1 aliphatic heterocycles. The number of nitrogens with zero attached hydrogens (tertiary/aromatic N) is 6. The van der Waals surface area contributed by atoms with E-state index in [1.165, 1.54) is 12.5 Å². The van der Waals surface area contributed by atoms with Gasteiger partial charge in [0.05, 0.1) is 29.8 Å². The maximum atomic E-state index is 15.0. The molecule has 34 heavy (non-hydrogen) atoms. The summed E-state index contributed by atoms with van der Waals surface area (Å²) in [5, 5.41) is 8.28. The van der Waals surface area contributed by atoms with Crippen LogP contribution in [0.2, 0.25) is 0 Å². The van der Waals surface area contributed by atoms with Crippen molar-refractivity contribution in [1.82, 2.24) is 29.7 Å². The van der Waals surface area contributed by atoms with Crippen molar-refractivity contribution in [3.8, 4) is 17.1 Å². The smallest absolute Gasteiger partial charge is 0.163 e. The summed E-state index contributed by atoms with van der Waals surface area (Å²) in [6.45, 7) is 4.74. The minimum atomic E-state index is -0.572. The standard InChI is InChI=1S/C24H21F2N7O/c1-2-20-30-22-15(24-28-13-29-31-24)11-14(32-7-9-34-10-8-32)12-19(22)33(20)18-5-6-27-23-17(26)4-3-16(25)21(18)23/h3-6,11-13H,2,7-10H2,1H3,(H,28,29,31). The van der Waals surface area contributed by atoms with Crippen LogP contribution in [0.15, 0.2) is 42.9 Å². The molecular weight excluding hydrogens is 440 g/mol. The van der Waals surface area contributed by atoms with E-state index in [4.69, 9.17) is 9.72 Å². The lowest BCUT2D eigenvalue weighted by Crippen LogP contribution is -2.36. The Morgan fingerprint density at radius 1 is 1.06 bits per heavy atom. The van der Waals surface area contributed by atoms with E-state index in [-0.39, 0.29) is 10.9 Å². The number of H-pyrrole nitrogens is 1. The first-order chi connectivity index (χ1) is 16.7. The number of nitrogens with one attached hydrogen (secondary N) is 1. The molecule has 0 aliphatic carbocycles. The first kappa shape index (κ1) is 20.7. The number of morpholine rings is 1. The summed E-state index contributed by atoms with van der Waals surface area (Å²) in [5.74, 6) is 0.190. The van der Waals surface area contributed by atoms with E-state index in [2.05, 4.69) is 25.1 Å². The molecule has 5 aromatic rings. The topological polar surface area (TPSA) is 84.8 Å². The van der Waals surface area contributed by atoms with E-state index in [1.807, 2.05) is 23.6 Å². The lowest BCUT2D eigenvalue weighted by atomic mass is 10.1. The predicted molar refractivity (Wildman–Crippen MR) is 124 cm³/mol. The van der Waals surface area contributed by atoms with E-state index < -0.39 is 11.6 Å². The average Bonchev–Trinajstić information content (AvgIpc) is 3.54. The molecule has 2 aromatic carbocycles. The summed E-state index contributed by atoms with van der Waals surface area (Å²) >= 11 is 0. The number of imidazole rings is 1. The van der Waals surface area contributed by atoms with Crippen molar-refractivity contribution < 1.29 is 13.5 Å². The van der Waals surface area contributed by atoms with Gasteiger partial charge in [0.25, 0.3) is 0 Å². The Hall–Kier alpha value is -3.92. The van der Waals surface area contributed by atoms with Crippen molar-refractivity contribution in [3.63, 3.8) is 0 Å². The fourth-order valence-corrected chi connectivity index (χ4v) is 4.60. The Balaban J connectivity index is 1.70. The first-order valence-electron chi connectivity index (χ1n) is 11.1. The monoisotopic (exact) mass is 461 g/mol. The highest BCUT2D eigenvalue weighted by Crippen LogP contribution is 2.36. The molecular formula is C24H21F2N7O. The zero-order valence-electron chi connectivity index (χ0n) is 18.4. The zero-order valence-corrected chi connectivity index (χ0v) is 18.4. The van der Waals surface area contributed by atoms with Crippen LogP contribution in [0, 0.1) is 11.6 Å². The second-order valence-corrected chi connectivity index (χ2v) is 8.10. The van der Waals surface area contributed by atoms with Gasteiger partial charge in [-0.2, -0.15) is 0 Å². The molecule has 10 heteroatoms. The van der Waals surface area contributed by atoms with E-state index >= 15 is 4.39 Å². The third-order valence-electron chi connectivity index (χ3n) is 6.19. The van der Waals surface area contributed by atoms with Crippen LogP contribution < -0.4 is 4.90 Å². The van der Waals surface area contributed by atoms with Gasteiger partial charge in [0.2, 0.25) is 0 Å². The third-order valence-corrected chi connectivity index (χ3v) is 6.19. The Morgan fingerprint density at radius 3 is 2.65 bits per heavy atom. The number of hydrogen-bond acceptors (Lipinski definition) is 6. The van der Waals surface area contributed by atoms with Crippen molar-refractivity contribution >= 4 is 27.6 Å². The molecule has 1 aliphatic rings. The fraction of sp³-hybridized carbons (Fsp3) is 0.250. The minimum absolute atomic E-state index is 0.0128. The molecule has 0 unspecified atom stereocenters. The van der Waals surface area contributed by atoms with Crippen molar-refractivity contribution in [2.45, 2.75) is 13.3 Å². The lowest BCUT2D eigenvalue weighted by molar-refractivity contribution is 0.122. The number of anilines is 1. The molecule has 0 spiro atoms. The van der Waals surface area contributed by atoms with Crippen LogP contribution in [-0.2, 0) is 11.2 Å². The molecule has 6 rings (SSSR count). The largest absolute Gasteiger partial charge is 0.378 e. The molecule has 0 amide bonds. The molecule has 3 aromatic heterocycles. The molecule has 1 fully saturated rings.